The summed E-state index contributed by atoms with van der Waals surface area (Å²) in [6, 6.07) is 3.85. The fourth-order valence-electron chi connectivity index (χ4n) is 3.71. The second kappa shape index (κ2) is 6.23. The average Bonchev–Trinajstić information content (AvgIpc) is 3.30. The van der Waals surface area contributed by atoms with Crippen LogP contribution in [-0.4, -0.2) is 20.6 Å². The molecule has 1 aromatic heterocycles. The molecule has 0 amide bonds. The van der Waals surface area contributed by atoms with Crippen molar-refractivity contribution in [2.75, 3.05) is 5.32 Å². The van der Waals surface area contributed by atoms with Gasteiger partial charge < -0.3 is 10.4 Å². The van der Waals surface area contributed by atoms with Crippen LogP contribution in [0.1, 0.15) is 53.7 Å². The van der Waals surface area contributed by atoms with Gasteiger partial charge in [-0.1, -0.05) is 6.07 Å². The summed E-state index contributed by atoms with van der Waals surface area (Å²) in [6.45, 7) is 2.06. The fourth-order valence-corrected chi connectivity index (χ4v) is 3.71. The summed E-state index contributed by atoms with van der Waals surface area (Å²) in [5.74, 6) is -0.873. The summed E-state index contributed by atoms with van der Waals surface area (Å²) < 4.78 is 14.9. The number of hydrogen-bond acceptors (Lipinski definition) is 4. The minimum absolute atomic E-state index is 0.144. The molecule has 2 aliphatic rings. The van der Waals surface area contributed by atoms with Crippen molar-refractivity contribution >= 4 is 11.8 Å². The molecule has 0 unspecified atom stereocenters. The number of carboxylic acid groups (broad SMARTS) is 1. The molecule has 1 fully saturated rings. The Bertz CT molecular complexity index is 930. The fraction of sp³-hybridized carbons (Fsp3) is 0.421. The van der Waals surface area contributed by atoms with Crippen LogP contribution in [0.25, 0.3) is 0 Å². The van der Waals surface area contributed by atoms with Crippen molar-refractivity contribution in [3.63, 3.8) is 0 Å². The van der Waals surface area contributed by atoms with Gasteiger partial charge in [-0.2, -0.15) is 0 Å². The van der Waals surface area contributed by atoms with Gasteiger partial charge in [0.05, 0.1) is 5.69 Å². The van der Waals surface area contributed by atoms with Crippen LogP contribution in [0, 0.1) is 12.7 Å². The van der Waals surface area contributed by atoms with Gasteiger partial charge in [0.2, 0.25) is 0 Å². The number of aromatic nitrogens is 2. The smallest absolute Gasteiger partial charge is 0.326 e. The molecule has 6 nitrogen and oxygen atoms in total. The Morgan fingerprint density at radius 3 is 2.77 bits per heavy atom. The summed E-state index contributed by atoms with van der Waals surface area (Å²) in [7, 11) is 0. The lowest BCUT2D eigenvalue weighted by Crippen LogP contribution is -2.31. The van der Waals surface area contributed by atoms with Crippen molar-refractivity contribution in [3.05, 3.63) is 56.9 Å². The second-order valence-corrected chi connectivity index (χ2v) is 7.12. The highest BCUT2D eigenvalue weighted by Gasteiger charge is 2.37. The molecule has 4 rings (SSSR count). The van der Waals surface area contributed by atoms with Gasteiger partial charge in [-0.15, -0.1) is 0 Å². The summed E-state index contributed by atoms with van der Waals surface area (Å²) in [4.78, 5) is 28.9. The quantitative estimate of drug-likeness (QED) is 0.860. The number of nitrogens with one attached hydrogen (secondary N) is 1. The zero-order valence-corrected chi connectivity index (χ0v) is 14.5. The summed E-state index contributed by atoms with van der Waals surface area (Å²) in [6.07, 6.45) is 3.00. The predicted molar refractivity (Wildman–Crippen MR) is 93.9 cm³/mol. The molecule has 2 heterocycles. The summed E-state index contributed by atoms with van der Waals surface area (Å²) >= 11 is 0. The van der Waals surface area contributed by atoms with Gasteiger partial charge in [0.1, 0.15) is 11.9 Å². The van der Waals surface area contributed by atoms with Gasteiger partial charge in [-0.05, 0) is 55.9 Å². The van der Waals surface area contributed by atoms with Gasteiger partial charge in [0.15, 0.2) is 5.82 Å². The third-order valence-electron chi connectivity index (χ3n) is 5.02. The molecule has 26 heavy (non-hydrogen) atoms. The van der Waals surface area contributed by atoms with E-state index in [2.05, 4.69) is 10.3 Å². The molecule has 0 saturated heterocycles. The van der Waals surface area contributed by atoms with E-state index < -0.39 is 17.6 Å². The number of rotatable bonds is 5. The minimum Gasteiger partial charge on any atom is -0.480 e. The maximum Gasteiger partial charge on any atom is 0.326 e. The number of nitrogens with zero attached hydrogens (tertiary/aromatic N) is 2. The van der Waals surface area contributed by atoms with Crippen LogP contribution in [0.5, 0.6) is 0 Å². The van der Waals surface area contributed by atoms with E-state index in [-0.39, 0.29) is 18.2 Å². The van der Waals surface area contributed by atoms with E-state index in [9.17, 15) is 19.1 Å². The number of carboxylic acids is 1. The van der Waals surface area contributed by atoms with Gasteiger partial charge in [-0.25, -0.2) is 14.2 Å². The van der Waals surface area contributed by atoms with Crippen LogP contribution in [0.4, 0.5) is 10.2 Å². The lowest BCUT2D eigenvalue weighted by molar-refractivity contribution is -0.140. The van der Waals surface area contributed by atoms with Crippen LogP contribution in [0.3, 0.4) is 0 Å². The molecular weight excluding hydrogens is 337 g/mol. The normalized spacial score (nSPS) is 18.6. The predicted octanol–water partition coefficient (Wildman–Crippen LogP) is 2.75. The Morgan fingerprint density at radius 2 is 2.12 bits per heavy atom. The zero-order chi connectivity index (χ0) is 18.4. The Morgan fingerprint density at radius 1 is 1.35 bits per heavy atom. The maximum absolute atomic E-state index is 13.6. The number of anilines is 1. The van der Waals surface area contributed by atoms with E-state index in [1.54, 1.807) is 6.92 Å². The molecule has 136 valence electrons. The summed E-state index contributed by atoms with van der Waals surface area (Å²) in [5.41, 5.74) is 2.69. The second-order valence-electron chi connectivity index (χ2n) is 7.12. The monoisotopic (exact) mass is 357 g/mol. The number of aliphatic carboxylic acids is 1. The highest BCUT2D eigenvalue weighted by atomic mass is 19.1. The molecule has 1 aliphatic heterocycles. The number of halogens is 1. The lowest BCUT2D eigenvalue weighted by Gasteiger charge is -2.15. The minimum atomic E-state index is -0.995. The number of hydrogen-bond donors (Lipinski definition) is 2. The van der Waals surface area contributed by atoms with Gasteiger partial charge in [0.25, 0.3) is 5.56 Å². The van der Waals surface area contributed by atoms with Crippen LogP contribution < -0.4 is 10.9 Å². The molecule has 0 bridgehead atoms. The molecule has 1 aromatic carbocycles. The number of benzene rings is 1. The van der Waals surface area contributed by atoms with E-state index in [0.29, 0.717) is 24.3 Å². The highest BCUT2D eigenvalue weighted by Crippen LogP contribution is 2.43. The summed E-state index contributed by atoms with van der Waals surface area (Å²) in [5, 5.41) is 12.4. The van der Waals surface area contributed by atoms with Crippen molar-refractivity contribution in [3.8, 4) is 0 Å². The Balaban J connectivity index is 1.70. The third kappa shape index (κ3) is 2.98. The van der Waals surface area contributed by atoms with E-state index >= 15 is 0 Å². The first kappa shape index (κ1) is 16.8. The molecule has 0 spiro atoms. The topological polar surface area (TPSA) is 84.2 Å². The standard InChI is InChI=1S/C19H20FN3O3/c1-10-6-11(8-13(20)7-10)9-21-17-18(24)23-14(4-5-15(23)19(25)26)16(22-17)12-2-3-12/h6-8,12,15H,2-5,9H2,1H3,(H,21,22)(H,25,26)/t15-/m0/s1. The van der Waals surface area contributed by atoms with Crippen molar-refractivity contribution in [2.45, 2.75) is 51.1 Å². The lowest BCUT2D eigenvalue weighted by atomic mass is 10.1. The molecule has 1 aliphatic carbocycles. The molecular formula is C19H20FN3O3. The van der Waals surface area contributed by atoms with E-state index in [0.717, 1.165) is 29.8 Å². The zero-order valence-electron chi connectivity index (χ0n) is 14.5. The molecule has 2 N–H and O–H groups in total. The number of carbonyl (C=O) groups is 1. The first-order valence-electron chi connectivity index (χ1n) is 8.82. The molecule has 1 atom stereocenters. The first-order chi connectivity index (χ1) is 12.4. The SMILES string of the molecule is Cc1cc(F)cc(CNc2nc(C3CC3)c3n(c2=O)[C@H](C(=O)O)CC3)c1. The van der Waals surface area contributed by atoms with Crippen molar-refractivity contribution in [2.24, 2.45) is 0 Å². The number of fused-ring (bicyclic) bond motifs is 1. The number of aryl methyl sites for hydroxylation is 1. The average molecular weight is 357 g/mol. The first-order valence-corrected chi connectivity index (χ1v) is 8.82. The van der Waals surface area contributed by atoms with Crippen LogP contribution >= 0.6 is 0 Å². The van der Waals surface area contributed by atoms with E-state index in [1.165, 1.54) is 16.7 Å². The van der Waals surface area contributed by atoms with Gasteiger partial charge in [-0.3, -0.25) is 9.36 Å². The molecule has 1 saturated carbocycles. The van der Waals surface area contributed by atoms with Crippen molar-refractivity contribution < 1.29 is 14.3 Å². The van der Waals surface area contributed by atoms with Crippen LogP contribution in [0.15, 0.2) is 23.0 Å². The van der Waals surface area contributed by atoms with Gasteiger partial charge in [0, 0.05) is 18.2 Å². The van der Waals surface area contributed by atoms with E-state index in [1.807, 2.05) is 6.07 Å². The van der Waals surface area contributed by atoms with E-state index in [4.69, 9.17) is 0 Å². The van der Waals surface area contributed by atoms with Gasteiger partial charge >= 0.3 is 5.97 Å². The Hall–Kier alpha value is -2.70. The Kier molecular flexibility index (Phi) is 4.01. The third-order valence-corrected chi connectivity index (χ3v) is 5.02. The van der Waals surface area contributed by atoms with Crippen molar-refractivity contribution in [1.82, 2.24) is 9.55 Å². The maximum atomic E-state index is 13.6. The molecule has 2 aromatic rings. The van der Waals surface area contributed by atoms with Crippen LogP contribution in [0.2, 0.25) is 0 Å². The largest absolute Gasteiger partial charge is 0.480 e. The highest BCUT2D eigenvalue weighted by molar-refractivity contribution is 5.73. The van der Waals surface area contributed by atoms with Crippen LogP contribution in [-0.2, 0) is 17.8 Å². The molecule has 0 radical (unpaired) electrons. The Labute approximate surface area is 149 Å². The molecule has 7 heteroatoms. The van der Waals surface area contributed by atoms with Crippen molar-refractivity contribution in [1.29, 1.82) is 0 Å².